The van der Waals surface area contributed by atoms with Crippen LogP contribution in [0.25, 0.3) is 11.2 Å². The Balaban J connectivity index is 1.57. The summed E-state index contributed by atoms with van der Waals surface area (Å²) in [5.74, 6) is -1.66. The van der Waals surface area contributed by atoms with Gasteiger partial charge in [0.25, 0.3) is 5.91 Å². The first kappa shape index (κ1) is 28.4. The van der Waals surface area contributed by atoms with Gasteiger partial charge in [-0.3, -0.25) is 9.59 Å². The number of carbonyl (C=O) groups excluding carboxylic acids is 2. The zero-order valence-corrected chi connectivity index (χ0v) is 22.0. The number of aromatic nitrogens is 4. The van der Waals surface area contributed by atoms with Gasteiger partial charge in [0.1, 0.15) is 11.6 Å². The van der Waals surface area contributed by atoms with Crippen molar-refractivity contribution < 1.29 is 19.5 Å². The maximum atomic E-state index is 12.7. The van der Waals surface area contributed by atoms with E-state index < -0.39 is 17.9 Å². The summed E-state index contributed by atoms with van der Waals surface area (Å²) in [7, 11) is 0. The summed E-state index contributed by atoms with van der Waals surface area (Å²) in [6, 6.07) is 5.84. The van der Waals surface area contributed by atoms with E-state index in [-0.39, 0.29) is 30.6 Å². The summed E-state index contributed by atoms with van der Waals surface area (Å²) in [5, 5.41) is 14.8. The number of fused-ring (bicyclic) bond motifs is 1. The van der Waals surface area contributed by atoms with Gasteiger partial charge in [-0.15, -0.1) is 0 Å². The third-order valence-corrected chi connectivity index (χ3v) is 6.27. The van der Waals surface area contributed by atoms with Gasteiger partial charge in [0, 0.05) is 18.5 Å². The number of benzene rings is 1. The van der Waals surface area contributed by atoms with E-state index in [2.05, 4.69) is 37.5 Å². The van der Waals surface area contributed by atoms with E-state index in [1.54, 1.807) is 18.3 Å². The zero-order valence-electron chi connectivity index (χ0n) is 22.0. The molecule has 38 heavy (non-hydrogen) atoms. The van der Waals surface area contributed by atoms with Gasteiger partial charge < -0.3 is 21.5 Å². The number of aryl methyl sites for hydroxylation is 1. The number of nitrogens with zero attached hydrogens (tertiary/aromatic N) is 4. The molecule has 11 nitrogen and oxygen atoms in total. The smallest absolute Gasteiger partial charge is 0.326 e. The van der Waals surface area contributed by atoms with Gasteiger partial charge in [0.05, 0.1) is 17.6 Å². The molecule has 2 aromatic heterocycles. The molecule has 0 aliphatic heterocycles. The van der Waals surface area contributed by atoms with Crippen LogP contribution in [-0.2, 0) is 16.0 Å². The van der Waals surface area contributed by atoms with Crippen LogP contribution >= 0.6 is 0 Å². The first-order valence-corrected chi connectivity index (χ1v) is 12.8. The van der Waals surface area contributed by atoms with Crippen molar-refractivity contribution in [1.29, 1.82) is 0 Å². The van der Waals surface area contributed by atoms with E-state index in [0.29, 0.717) is 35.4 Å². The van der Waals surface area contributed by atoms with Gasteiger partial charge in [-0.1, -0.05) is 38.8 Å². The lowest BCUT2D eigenvalue weighted by atomic mass is 9.95. The van der Waals surface area contributed by atoms with Gasteiger partial charge in [-0.25, -0.2) is 19.7 Å². The van der Waals surface area contributed by atoms with Crippen LogP contribution in [0.15, 0.2) is 30.5 Å². The molecular weight excluding hydrogens is 486 g/mol. The highest BCUT2D eigenvalue weighted by Crippen LogP contribution is 2.21. The molecule has 0 saturated carbocycles. The lowest BCUT2D eigenvalue weighted by Gasteiger charge is -2.16. The molecule has 5 N–H and O–H groups in total. The minimum absolute atomic E-state index is 0.0136. The molecular formula is C27H35N7O4. The van der Waals surface area contributed by atoms with Crippen LogP contribution in [0, 0.1) is 6.92 Å². The maximum absolute atomic E-state index is 12.7. The van der Waals surface area contributed by atoms with E-state index in [1.807, 2.05) is 26.0 Å². The van der Waals surface area contributed by atoms with E-state index in [4.69, 9.17) is 5.73 Å². The molecule has 3 aromatic rings. The van der Waals surface area contributed by atoms with E-state index >= 15 is 0 Å². The van der Waals surface area contributed by atoms with Crippen LogP contribution in [-0.4, -0.2) is 55.4 Å². The van der Waals surface area contributed by atoms with Crippen molar-refractivity contribution in [2.75, 3.05) is 12.3 Å². The van der Waals surface area contributed by atoms with E-state index in [0.717, 1.165) is 30.5 Å². The quantitative estimate of drug-likeness (QED) is 0.247. The monoisotopic (exact) mass is 521 g/mol. The normalized spacial score (nSPS) is 12.6. The minimum atomic E-state index is -1.18. The maximum Gasteiger partial charge on any atom is 0.326 e. The molecule has 3 rings (SSSR count). The molecule has 2 unspecified atom stereocenters. The second kappa shape index (κ2) is 13.4. The van der Waals surface area contributed by atoms with E-state index in [9.17, 15) is 19.5 Å². The van der Waals surface area contributed by atoms with Crippen molar-refractivity contribution >= 4 is 34.9 Å². The number of nitrogen functional groups attached to an aromatic ring is 1. The molecule has 0 saturated heterocycles. The number of aliphatic carboxylic acids is 1. The summed E-state index contributed by atoms with van der Waals surface area (Å²) in [5.41, 5.74) is 9.52. The number of carboxylic acid groups (broad SMARTS) is 1. The largest absolute Gasteiger partial charge is 0.480 e. The fourth-order valence-corrected chi connectivity index (χ4v) is 4.06. The first-order chi connectivity index (χ1) is 18.2. The Kier molecular flexibility index (Phi) is 10.0. The average Bonchev–Trinajstić information content (AvgIpc) is 2.89. The molecule has 0 radical (unpaired) electrons. The first-order valence-electron chi connectivity index (χ1n) is 12.8. The third-order valence-electron chi connectivity index (χ3n) is 6.27. The molecule has 2 heterocycles. The number of anilines is 1. The second-order valence-electron chi connectivity index (χ2n) is 9.39. The summed E-state index contributed by atoms with van der Waals surface area (Å²) in [6.45, 7) is 6.50. The van der Waals surface area contributed by atoms with Crippen LogP contribution in [0.2, 0.25) is 0 Å². The summed E-state index contributed by atoms with van der Waals surface area (Å²) >= 11 is 0. The number of unbranched alkanes of at least 4 members (excludes halogenated alkanes) is 2. The van der Waals surface area contributed by atoms with Crippen molar-refractivity contribution in [1.82, 2.24) is 30.6 Å². The second-order valence-corrected chi connectivity index (χ2v) is 9.39. The van der Waals surface area contributed by atoms with Crippen molar-refractivity contribution in [3.63, 3.8) is 0 Å². The molecule has 0 bridgehead atoms. The number of nitrogens with two attached hydrogens (primary N) is 1. The number of hydrogen-bond donors (Lipinski definition) is 4. The average molecular weight is 522 g/mol. The molecule has 1 aromatic carbocycles. The molecule has 0 spiro atoms. The zero-order chi connectivity index (χ0) is 27.7. The Morgan fingerprint density at radius 2 is 1.82 bits per heavy atom. The summed E-state index contributed by atoms with van der Waals surface area (Å²) in [6.07, 6.45) is 5.28. The number of rotatable bonds is 13. The van der Waals surface area contributed by atoms with Gasteiger partial charge in [0.15, 0.2) is 5.65 Å². The van der Waals surface area contributed by atoms with Crippen LogP contribution in [0.5, 0.6) is 0 Å². The number of amides is 2. The van der Waals surface area contributed by atoms with Crippen LogP contribution in [0.1, 0.15) is 79.2 Å². The summed E-state index contributed by atoms with van der Waals surface area (Å²) in [4.78, 5) is 53.6. The highest BCUT2D eigenvalue weighted by atomic mass is 16.4. The van der Waals surface area contributed by atoms with Gasteiger partial charge in [-0.05, 0) is 49.8 Å². The predicted molar refractivity (Wildman–Crippen MR) is 143 cm³/mol. The number of nitrogens with one attached hydrogen (secondary N) is 2. The lowest BCUT2D eigenvalue weighted by Crippen LogP contribution is -2.41. The standard InChI is InChI=1S/C27H35N7O4/c1-4-5-6-13-29-22(35)12-11-21(26(37)38)33-25(36)19-9-7-18(8-10-19)16(2)14-20-15-30-24-23(32-20)17(3)31-27(28)34-24/h7-10,15-16,21H,4-6,11-14H2,1-3H3,(H,29,35)(H,33,36)(H,37,38)(H2,28,30,31,34). The van der Waals surface area contributed by atoms with Crippen molar-refractivity contribution in [2.24, 2.45) is 0 Å². The van der Waals surface area contributed by atoms with Crippen molar-refractivity contribution in [2.45, 2.75) is 71.3 Å². The van der Waals surface area contributed by atoms with Gasteiger partial charge >= 0.3 is 5.97 Å². The van der Waals surface area contributed by atoms with Crippen molar-refractivity contribution in [3.8, 4) is 0 Å². The molecule has 0 aliphatic rings. The van der Waals surface area contributed by atoms with Crippen LogP contribution < -0.4 is 16.4 Å². The topological polar surface area (TPSA) is 173 Å². The number of hydrogen-bond acceptors (Lipinski definition) is 8. The molecule has 11 heteroatoms. The van der Waals surface area contributed by atoms with Gasteiger partial charge in [-0.2, -0.15) is 4.98 Å². The Labute approximate surface area is 221 Å². The molecule has 0 aliphatic carbocycles. The van der Waals surface area contributed by atoms with E-state index in [1.165, 1.54) is 0 Å². The lowest BCUT2D eigenvalue weighted by molar-refractivity contribution is -0.139. The van der Waals surface area contributed by atoms with Crippen molar-refractivity contribution in [3.05, 3.63) is 53.0 Å². The fraction of sp³-hybridized carbons (Fsp3) is 0.444. The fourth-order valence-electron chi connectivity index (χ4n) is 4.06. The van der Waals surface area contributed by atoms with Gasteiger partial charge in [0.2, 0.25) is 11.9 Å². The third kappa shape index (κ3) is 7.92. The molecule has 2 amide bonds. The Morgan fingerprint density at radius 1 is 1.08 bits per heavy atom. The minimum Gasteiger partial charge on any atom is -0.480 e. The highest BCUT2D eigenvalue weighted by Gasteiger charge is 2.22. The Bertz CT molecular complexity index is 1280. The summed E-state index contributed by atoms with van der Waals surface area (Å²) < 4.78 is 0. The predicted octanol–water partition coefficient (Wildman–Crippen LogP) is 2.93. The molecule has 2 atom stereocenters. The Hall–Kier alpha value is -4.15. The highest BCUT2D eigenvalue weighted by molar-refractivity contribution is 5.96. The number of carboxylic acids is 1. The molecule has 202 valence electrons. The SMILES string of the molecule is CCCCCNC(=O)CCC(NC(=O)c1ccc(C(C)Cc2cnc3nc(N)nc(C)c3n2)cc1)C(=O)O. The van der Waals surface area contributed by atoms with Crippen LogP contribution in [0.4, 0.5) is 5.95 Å². The Morgan fingerprint density at radius 3 is 2.50 bits per heavy atom. The van der Waals surface area contributed by atoms with Crippen LogP contribution in [0.3, 0.4) is 0 Å². The number of carbonyl (C=O) groups is 3. The molecule has 0 fully saturated rings.